The standard InChI is InChI=1S/C16H23N3O3/c1-3-5-9-17-15(20)16(21)19-18-12-13-7-6-8-14(11-13)22-10-4-2/h6-8,11-12H,3-5,9-10H2,1-2H3,(H,17,20)(H,19,21)/b18-12-. The minimum absolute atomic E-state index is 0.489. The van der Waals surface area contributed by atoms with Gasteiger partial charge >= 0.3 is 11.8 Å². The number of hydrogen-bond acceptors (Lipinski definition) is 4. The van der Waals surface area contributed by atoms with Gasteiger partial charge in [-0.2, -0.15) is 5.10 Å². The van der Waals surface area contributed by atoms with Crippen LogP contribution in [0.2, 0.25) is 0 Å². The van der Waals surface area contributed by atoms with Crippen molar-refractivity contribution in [3.05, 3.63) is 29.8 Å². The Hall–Kier alpha value is -2.37. The van der Waals surface area contributed by atoms with E-state index in [-0.39, 0.29) is 0 Å². The number of rotatable bonds is 8. The van der Waals surface area contributed by atoms with Gasteiger partial charge in [-0.05, 0) is 30.5 Å². The highest BCUT2D eigenvalue weighted by molar-refractivity contribution is 6.35. The van der Waals surface area contributed by atoms with E-state index in [9.17, 15) is 9.59 Å². The molecule has 0 aliphatic carbocycles. The number of carbonyl (C=O) groups is 2. The summed E-state index contributed by atoms with van der Waals surface area (Å²) in [7, 11) is 0. The van der Waals surface area contributed by atoms with Gasteiger partial charge in [0.2, 0.25) is 0 Å². The normalized spacial score (nSPS) is 10.5. The minimum atomic E-state index is -0.772. The molecule has 0 saturated carbocycles. The molecule has 0 atom stereocenters. The molecule has 0 aromatic heterocycles. The van der Waals surface area contributed by atoms with E-state index in [0.717, 1.165) is 30.6 Å². The van der Waals surface area contributed by atoms with Crippen LogP contribution in [0.15, 0.2) is 29.4 Å². The topological polar surface area (TPSA) is 79.8 Å². The molecule has 0 aliphatic heterocycles. The molecule has 120 valence electrons. The van der Waals surface area contributed by atoms with E-state index in [1.54, 1.807) is 0 Å². The first-order chi connectivity index (χ1) is 10.7. The van der Waals surface area contributed by atoms with Crippen LogP contribution in [0.5, 0.6) is 5.75 Å². The number of ether oxygens (including phenoxy) is 1. The molecule has 6 heteroatoms. The van der Waals surface area contributed by atoms with E-state index in [1.165, 1.54) is 6.21 Å². The van der Waals surface area contributed by atoms with Crippen LogP contribution >= 0.6 is 0 Å². The Balaban J connectivity index is 2.44. The number of hydrogen-bond donors (Lipinski definition) is 2. The Bertz CT molecular complexity index is 515. The van der Waals surface area contributed by atoms with Crippen LogP contribution in [0.4, 0.5) is 0 Å². The van der Waals surface area contributed by atoms with Crippen molar-refractivity contribution in [1.29, 1.82) is 0 Å². The van der Waals surface area contributed by atoms with Crippen LogP contribution in [0.25, 0.3) is 0 Å². The number of nitrogens with one attached hydrogen (secondary N) is 2. The number of carbonyl (C=O) groups excluding carboxylic acids is 2. The lowest BCUT2D eigenvalue weighted by Gasteiger charge is -2.04. The Morgan fingerprint density at radius 1 is 1.23 bits per heavy atom. The molecule has 0 bridgehead atoms. The molecule has 6 nitrogen and oxygen atoms in total. The molecular weight excluding hydrogens is 282 g/mol. The first kappa shape index (κ1) is 17.7. The van der Waals surface area contributed by atoms with Crippen LogP contribution in [-0.4, -0.2) is 31.2 Å². The summed E-state index contributed by atoms with van der Waals surface area (Å²) in [4.78, 5) is 22.9. The second kappa shape index (κ2) is 10.4. The molecule has 0 aliphatic rings. The van der Waals surface area contributed by atoms with E-state index in [2.05, 4.69) is 15.8 Å². The average molecular weight is 305 g/mol. The molecule has 1 rings (SSSR count). The van der Waals surface area contributed by atoms with Crippen LogP contribution in [0.1, 0.15) is 38.7 Å². The molecule has 2 amide bonds. The van der Waals surface area contributed by atoms with Crippen molar-refractivity contribution in [2.75, 3.05) is 13.2 Å². The summed E-state index contributed by atoms with van der Waals surface area (Å²) >= 11 is 0. The molecule has 0 radical (unpaired) electrons. The molecule has 0 saturated heterocycles. The van der Waals surface area contributed by atoms with Gasteiger partial charge < -0.3 is 10.1 Å². The fourth-order valence-electron chi connectivity index (χ4n) is 1.58. The Kier molecular flexibility index (Phi) is 8.33. The maximum atomic E-state index is 11.5. The highest BCUT2D eigenvalue weighted by Crippen LogP contribution is 2.12. The zero-order valence-corrected chi connectivity index (χ0v) is 13.1. The summed E-state index contributed by atoms with van der Waals surface area (Å²) < 4.78 is 5.50. The van der Waals surface area contributed by atoms with Crippen LogP contribution in [0, 0.1) is 0 Å². The molecule has 1 aromatic rings. The summed E-state index contributed by atoms with van der Waals surface area (Å²) in [6.45, 7) is 5.18. The van der Waals surface area contributed by atoms with Crippen molar-refractivity contribution in [3.8, 4) is 5.75 Å². The lowest BCUT2D eigenvalue weighted by atomic mass is 10.2. The van der Waals surface area contributed by atoms with Gasteiger partial charge in [0.15, 0.2) is 0 Å². The molecule has 1 aromatic carbocycles. The largest absolute Gasteiger partial charge is 0.494 e. The predicted molar refractivity (Wildman–Crippen MR) is 85.9 cm³/mol. The van der Waals surface area contributed by atoms with E-state index in [4.69, 9.17) is 4.74 Å². The highest BCUT2D eigenvalue weighted by atomic mass is 16.5. The van der Waals surface area contributed by atoms with Crippen molar-refractivity contribution in [2.24, 2.45) is 5.10 Å². The Morgan fingerprint density at radius 2 is 2.05 bits per heavy atom. The van der Waals surface area contributed by atoms with Gasteiger partial charge in [0.05, 0.1) is 12.8 Å². The second-order valence-electron chi connectivity index (χ2n) is 4.73. The monoisotopic (exact) mass is 305 g/mol. The fourth-order valence-corrected chi connectivity index (χ4v) is 1.58. The summed E-state index contributed by atoms with van der Waals surface area (Å²) in [5.74, 6) is -0.703. The van der Waals surface area contributed by atoms with Gasteiger partial charge in [-0.15, -0.1) is 0 Å². The number of benzene rings is 1. The van der Waals surface area contributed by atoms with E-state index in [0.29, 0.717) is 13.2 Å². The van der Waals surface area contributed by atoms with Crippen molar-refractivity contribution in [3.63, 3.8) is 0 Å². The van der Waals surface area contributed by atoms with Crippen molar-refractivity contribution in [1.82, 2.24) is 10.7 Å². The smallest absolute Gasteiger partial charge is 0.329 e. The maximum Gasteiger partial charge on any atom is 0.329 e. The quantitative estimate of drug-likeness (QED) is 0.333. The minimum Gasteiger partial charge on any atom is -0.494 e. The zero-order chi connectivity index (χ0) is 16.2. The van der Waals surface area contributed by atoms with Gasteiger partial charge in [-0.25, -0.2) is 5.43 Å². The van der Waals surface area contributed by atoms with E-state index < -0.39 is 11.8 Å². The third-order valence-electron chi connectivity index (χ3n) is 2.73. The molecule has 22 heavy (non-hydrogen) atoms. The highest BCUT2D eigenvalue weighted by Gasteiger charge is 2.10. The Morgan fingerprint density at radius 3 is 2.77 bits per heavy atom. The molecule has 0 spiro atoms. The molecular formula is C16H23N3O3. The van der Waals surface area contributed by atoms with Gasteiger partial charge in [0.25, 0.3) is 0 Å². The molecule has 0 unspecified atom stereocenters. The molecule has 0 heterocycles. The van der Waals surface area contributed by atoms with E-state index >= 15 is 0 Å². The van der Waals surface area contributed by atoms with Crippen molar-refractivity contribution >= 4 is 18.0 Å². The zero-order valence-electron chi connectivity index (χ0n) is 13.1. The average Bonchev–Trinajstić information content (AvgIpc) is 2.53. The summed E-state index contributed by atoms with van der Waals surface area (Å²) in [5, 5.41) is 6.29. The van der Waals surface area contributed by atoms with Crippen molar-refractivity contribution < 1.29 is 14.3 Å². The maximum absolute atomic E-state index is 11.5. The third kappa shape index (κ3) is 6.88. The summed E-state index contributed by atoms with van der Waals surface area (Å²) in [6.07, 6.45) is 4.20. The molecule has 0 fully saturated rings. The van der Waals surface area contributed by atoms with Crippen LogP contribution in [0.3, 0.4) is 0 Å². The van der Waals surface area contributed by atoms with Gasteiger partial charge in [0, 0.05) is 6.54 Å². The predicted octanol–water partition coefficient (Wildman–Crippen LogP) is 1.84. The second-order valence-corrected chi connectivity index (χ2v) is 4.73. The number of hydrazone groups is 1. The number of amides is 2. The Labute approximate surface area is 130 Å². The first-order valence-electron chi connectivity index (χ1n) is 7.51. The lowest BCUT2D eigenvalue weighted by molar-refractivity contribution is -0.139. The summed E-state index contributed by atoms with van der Waals surface area (Å²) in [6, 6.07) is 7.33. The number of nitrogens with zero attached hydrogens (tertiary/aromatic N) is 1. The SMILES string of the molecule is CCCCNC(=O)C(=O)N/N=C\c1cccc(OCCC)c1. The lowest BCUT2D eigenvalue weighted by Crippen LogP contribution is -2.38. The van der Waals surface area contributed by atoms with Gasteiger partial charge in [0.1, 0.15) is 5.75 Å². The molecule has 2 N–H and O–H groups in total. The number of unbranched alkanes of at least 4 members (excludes halogenated alkanes) is 1. The van der Waals surface area contributed by atoms with E-state index in [1.807, 2.05) is 38.1 Å². The van der Waals surface area contributed by atoms with Crippen LogP contribution < -0.4 is 15.5 Å². The fraction of sp³-hybridized carbons (Fsp3) is 0.438. The van der Waals surface area contributed by atoms with Gasteiger partial charge in [-0.3, -0.25) is 9.59 Å². The van der Waals surface area contributed by atoms with Crippen molar-refractivity contribution in [2.45, 2.75) is 33.1 Å². The van der Waals surface area contributed by atoms with Crippen LogP contribution in [-0.2, 0) is 9.59 Å². The first-order valence-corrected chi connectivity index (χ1v) is 7.51. The summed E-state index contributed by atoms with van der Waals surface area (Å²) in [5.41, 5.74) is 2.98. The van der Waals surface area contributed by atoms with Gasteiger partial charge in [-0.1, -0.05) is 32.4 Å². The third-order valence-corrected chi connectivity index (χ3v) is 2.73.